The lowest BCUT2D eigenvalue weighted by molar-refractivity contribution is 0.0600. The van der Waals surface area contributed by atoms with Gasteiger partial charge in [0.25, 0.3) is 5.91 Å². The smallest absolute Gasteiger partial charge is 0.337 e. The second-order valence-corrected chi connectivity index (χ2v) is 5.01. The second kappa shape index (κ2) is 7.45. The highest BCUT2D eigenvalue weighted by molar-refractivity contribution is 5.96. The van der Waals surface area contributed by atoms with E-state index in [1.54, 1.807) is 31.4 Å². The molecule has 1 N–H and O–H groups in total. The molecule has 5 nitrogen and oxygen atoms in total. The van der Waals surface area contributed by atoms with Gasteiger partial charge in [-0.2, -0.15) is 0 Å². The van der Waals surface area contributed by atoms with Crippen molar-refractivity contribution in [1.29, 1.82) is 0 Å². The molecule has 5 heteroatoms. The first kappa shape index (κ1) is 16.5. The maximum atomic E-state index is 12.3. The van der Waals surface area contributed by atoms with Crippen LogP contribution in [0.3, 0.4) is 0 Å². The molecular weight excluding hydrogens is 294 g/mol. The summed E-state index contributed by atoms with van der Waals surface area (Å²) >= 11 is 0. The van der Waals surface area contributed by atoms with Crippen molar-refractivity contribution in [3.63, 3.8) is 0 Å². The van der Waals surface area contributed by atoms with Gasteiger partial charge in [0, 0.05) is 11.1 Å². The molecule has 0 aromatic heterocycles. The van der Waals surface area contributed by atoms with Gasteiger partial charge in [0.05, 0.1) is 25.8 Å². The van der Waals surface area contributed by atoms with Crippen molar-refractivity contribution in [2.45, 2.75) is 13.0 Å². The summed E-state index contributed by atoms with van der Waals surface area (Å²) in [5.41, 5.74) is 1.77. The number of methoxy groups -OCH3 is 2. The first-order chi connectivity index (χ1) is 11.1. The average molecular weight is 313 g/mol. The largest absolute Gasteiger partial charge is 0.496 e. The molecule has 2 rings (SSSR count). The molecule has 0 aliphatic carbocycles. The van der Waals surface area contributed by atoms with Crippen molar-refractivity contribution < 1.29 is 19.1 Å². The molecule has 23 heavy (non-hydrogen) atoms. The number of hydrogen-bond donors (Lipinski definition) is 1. The van der Waals surface area contributed by atoms with E-state index in [2.05, 4.69) is 10.1 Å². The monoisotopic (exact) mass is 313 g/mol. The summed E-state index contributed by atoms with van der Waals surface area (Å²) in [4.78, 5) is 23.7. The van der Waals surface area contributed by atoms with Gasteiger partial charge in [-0.25, -0.2) is 4.79 Å². The van der Waals surface area contributed by atoms with Crippen LogP contribution in [-0.2, 0) is 4.74 Å². The van der Waals surface area contributed by atoms with Crippen LogP contribution in [0.1, 0.15) is 39.2 Å². The number of esters is 1. The molecular formula is C18H19NO4. The summed E-state index contributed by atoms with van der Waals surface area (Å²) in [6, 6.07) is 13.6. The zero-order valence-electron chi connectivity index (χ0n) is 13.3. The van der Waals surface area contributed by atoms with E-state index in [0.29, 0.717) is 11.1 Å². The molecule has 0 bridgehead atoms. The minimum atomic E-state index is -0.431. The summed E-state index contributed by atoms with van der Waals surface area (Å²) in [5.74, 6) is 0.0699. The lowest BCUT2D eigenvalue weighted by Crippen LogP contribution is -2.27. The number of ether oxygens (including phenoxy) is 2. The third kappa shape index (κ3) is 3.88. The van der Waals surface area contributed by atoms with Crippen molar-refractivity contribution in [3.05, 3.63) is 65.2 Å². The molecule has 0 spiro atoms. The molecule has 1 amide bonds. The SMILES string of the molecule is COC(=O)c1ccc(C(=O)NC(C)c2ccccc2OC)cc1. The number of carbonyl (C=O) groups excluding carboxylic acids is 2. The predicted octanol–water partition coefficient (Wildman–Crippen LogP) is 2.97. The third-order valence-corrected chi connectivity index (χ3v) is 3.52. The number of rotatable bonds is 5. The van der Waals surface area contributed by atoms with E-state index in [1.165, 1.54) is 7.11 Å². The normalized spacial score (nSPS) is 11.4. The van der Waals surface area contributed by atoms with E-state index < -0.39 is 5.97 Å². The van der Waals surface area contributed by atoms with Gasteiger partial charge in [0.1, 0.15) is 5.75 Å². The van der Waals surface area contributed by atoms with Gasteiger partial charge < -0.3 is 14.8 Å². The van der Waals surface area contributed by atoms with E-state index in [4.69, 9.17) is 4.74 Å². The fourth-order valence-corrected chi connectivity index (χ4v) is 2.26. The van der Waals surface area contributed by atoms with Crippen molar-refractivity contribution in [1.82, 2.24) is 5.32 Å². The highest BCUT2D eigenvalue weighted by Gasteiger charge is 2.15. The summed E-state index contributed by atoms with van der Waals surface area (Å²) < 4.78 is 9.94. The van der Waals surface area contributed by atoms with E-state index in [9.17, 15) is 9.59 Å². The van der Waals surface area contributed by atoms with Crippen LogP contribution in [0.4, 0.5) is 0 Å². The highest BCUT2D eigenvalue weighted by atomic mass is 16.5. The van der Waals surface area contributed by atoms with Crippen LogP contribution in [0.5, 0.6) is 5.75 Å². The third-order valence-electron chi connectivity index (χ3n) is 3.52. The van der Waals surface area contributed by atoms with E-state index in [0.717, 1.165) is 11.3 Å². The summed E-state index contributed by atoms with van der Waals surface area (Å²) in [7, 11) is 2.91. The van der Waals surface area contributed by atoms with Gasteiger partial charge in [-0.15, -0.1) is 0 Å². The molecule has 1 atom stereocenters. The molecule has 0 saturated heterocycles. The van der Waals surface area contributed by atoms with Crippen LogP contribution >= 0.6 is 0 Å². The Balaban J connectivity index is 2.10. The Hall–Kier alpha value is -2.82. The average Bonchev–Trinajstić information content (AvgIpc) is 2.60. The predicted molar refractivity (Wildman–Crippen MR) is 86.7 cm³/mol. The van der Waals surface area contributed by atoms with Crippen molar-refractivity contribution in [3.8, 4) is 5.75 Å². The molecule has 2 aromatic carbocycles. The van der Waals surface area contributed by atoms with Crippen LogP contribution in [-0.4, -0.2) is 26.1 Å². The number of carbonyl (C=O) groups is 2. The van der Waals surface area contributed by atoms with Crippen LogP contribution in [0.25, 0.3) is 0 Å². The quantitative estimate of drug-likeness (QED) is 0.862. The van der Waals surface area contributed by atoms with Crippen LogP contribution in [0.2, 0.25) is 0 Å². The van der Waals surface area contributed by atoms with Crippen LogP contribution < -0.4 is 10.1 Å². The topological polar surface area (TPSA) is 64.6 Å². The maximum absolute atomic E-state index is 12.3. The Bertz CT molecular complexity index is 694. The minimum Gasteiger partial charge on any atom is -0.496 e. The molecule has 120 valence electrons. The van der Waals surface area contributed by atoms with Gasteiger partial charge in [-0.1, -0.05) is 18.2 Å². The second-order valence-electron chi connectivity index (χ2n) is 5.01. The van der Waals surface area contributed by atoms with Crippen molar-refractivity contribution in [2.75, 3.05) is 14.2 Å². The molecule has 1 unspecified atom stereocenters. The lowest BCUT2D eigenvalue weighted by Gasteiger charge is -2.17. The van der Waals surface area contributed by atoms with Gasteiger partial charge in [0.15, 0.2) is 0 Å². The zero-order valence-corrected chi connectivity index (χ0v) is 13.3. The van der Waals surface area contributed by atoms with E-state index in [-0.39, 0.29) is 11.9 Å². The van der Waals surface area contributed by atoms with Crippen LogP contribution in [0, 0.1) is 0 Å². The zero-order chi connectivity index (χ0) is 16.8. The summed E-state index contributed by atoms with van der Waals surface area (Å²) in [5, 5.41) is 2.91. The Morgan fingerprint density at radius 1 is 0.957 bits per heavy atom. The standard InChI is InChI=1S/C18H19NO4/c1-12(15-6-4-5-7-16(15)22-2)19-17(20)13-8-10-14(11-9-13)18(21)23-3/h4-12H,1-3H3,(H,19,20). The van der Waals surface area contributed by atoms with Crippen LogP contribution in [0.15, 0.2) is 48.5 Å². The number of para-hydroxylation sites is 1. The molecule has 0 saturated carbocycles. The van der Waals surface area contributed by atoms with E-state index >= 15 is 0 Å². The molecule has 0 aliphatic rings. The number of hydrogen-bond acceptors (Lipinski definition) is 4. The number of benzene rings is 2. The summed E-state index contributed by atoms with van der Waals surface area (Å²) in [6.45, 7) is 1.89. The maximum Gasteiger partial charge on any atom is 0.337 e. The van der Waals surface area contributed by atoms with Gasteiger partial charge in [-0.05, 0) is 37.3 Å². The van der Waals surface area contributed by atoms with Crippen molar-refractivity contribution in [2.24, 2.45) is 0 Å². The van der Waals surface area contributed by atoms with Gasteiger partial charge in [-0.3, -0.25) is 4.79 Å². The first-order valence-electron chi connectivity index (χ1n) is 7.19. The minimum absolute atomic E-state index is 0.209. The van der Waals surface area contributed by atoms with Crippen molar-refractivity contribution >= 4 is 11.9 Å². The van der Waals surface area contributed by atoms with E-state index in [1.807, 2.05) is 31.2 Å². The summed E-state index contributed by atoms with van der Waals surface area (Å²) in [6.07, 6.45) is 0. The molecule has 0 aliphatic heterocycles. The lowest BCUT2D eigenvalue weighted by atomic mass is 10.1. The fraction of sp³-hybridized carbons (Fsp3) is 0.222. The fourth-order valence-electron chi connectivity index (χ4n) is 2.26. The first-order valence-corrected chi connectivity index (χ1v) is 7.19. The van der Waals surface area contributed by atoms with Gasteiger partial charge in [0.2, 0.25) is 0 Å². The Labute approximate surface area is 135 Å². The Morgan fingerprint density at radius 3 is 2.17 bits per heavy atom. The Kier molecular flexibility index (Phi) is 5.36. The number of nitrogens with one attached hydrogen (secondary N) is 1. The molecule has 0 radical (unpaired) electrons. The highest BCUT2D eigenvalue weighted by Crippen LogP contribution is 2.24. The van der Waals surface area contributed by atoms with Gasteiger partial charge >= 0.3 is 5.97 Å². The molecule has 0 heterocycles. The Morgan fingerprint density at radius 2 is 1.57 bits per heavy atom. The molecule has 0 fully saturated rings. The molecule has 2 aromatic rings. The number of amides is 1.